The van der Waals surface area contributed by atoms with Crippen LogP contribution in [0.3, 0.4) is 0 Å². The highest BCUT2D eigenvalue weighted by Gasteiger charge is 2.16. The standard InChI is InChI=1S/C19H16N2O3/c1-12-17-18(15-8-3-4-9-16(15)24-19(17)22)20-21(12)11-13-6-5-7-14(10-13)23-2/h3-10H,11H2,1-2H3. The third-order valence-corrected chi connectivity index (χ3v) is 4.22. The predicted molar refractivity (Wildman–Crippen MR) is 92.6 cm³/mol. The van der Waals surface area contributed by atoms with Crippen LogP contribution in [0, 0.1) is 6.92 Å². The van der Waals surface area contributed by atoms with E-state index in [1.54, 1.807) is 13.2 Å². The Balaban J connectivity index is 1.90. The fourth-order valence-electron chi connectivity index (χ4n) is 2.98. The number of aromatic nitrogens is 2. The molecule has 5 nitrogen and oxygen atoms in total. The van der Waals surface area contributed by atoms with Gasteiger partial charge in [0, 0.05) is 5.39 Å². The summed E-state index contributed by atoms with van der Waals surface area (Å²) in [5, 5.41) is 6.05. The first kappa shape index (κ1) is 14.5. The minimum Gasteiger partial charge on any atom is -0.497 e. The van der Waals surface area contributed by atoms with E-state index in [1.165, 1.54) is 0 Å². The van der Waals surface area contributed by atoms with Crippen LogP contribution < -0.4 is 10.4 Å². The Hall–Kier alpha value is -3.08. The molecule has 0 saturated heterocycles. The Morgan fingerprint density at radius 1 is 1.17 bits per heavy atom. The predicted octanol–water partition coefficient (Wildman–Crippen LogP) is 3.51. The molecule has 0 amide bonds. The Morgan fingerprint density at radius 3 is 2.83 bits per heavy atom. The van der Waals surface area contributed by atoms with Crippen LogP contribution in [0.2, 0.25) is 0 Å². The van der Waals surface area contributed by atoms with Crippen LogP contribution in [0.25, 0.3) is 21.9 Å². The highest BCUT2D eigenvalue weighted by atomic mass is 16.5. The molecule has 120 valence electrons. The highest BCUT2D eigenvalue weighted by Crippen LogP contribution is 2.24. The molecule has 0 spiro atoms. The smallest absolute Gasteiger partial charge is 0.347 e. The summed E-state index contributed by atoms with van der Waals surface area (Å²) in [5.74, 6) is 0.798. The maximum Gasteiger partial charge on any atom is 0.347 e. The second kappa shape index (κ2) is 5.53. The molecule has 5 heteroatoms. The van der Waals surface area contributed by atoms with E-state index in [9.17, 15) is 4.79 Å². The monoisotopic (exact) mass is 320 g/mol. The normalized spacial score (nSPS) is 11.2. The minimum atomic E-state index is -0.349. The van der Waals surface area contributed by atoms with Crippen molar-refractivity contribution in [3.8, 4) is 5.75 Å². The van der Waals surface area contributed by atoms with Crippen molar-refractivity contribution in [2.45, 2.75) is 13.5 Å². The first-order valence-corrected chi connectivity index (χ1v) is 7.69. The third kappa shape index (κ3) is 2.25. The van der Waals surface area contributed by atoms with Crippen LogP contribution in [0.1, 0.15) is 11.3 Å². The Kier molecular flexibility index (Phi) is 3.34. The van der Waals surface area contributed by atoms with Gasteiger partial charge in [-0.3, -0.25) is 4.68 Å². The van der Waals surface area contributed by atoms with Crippen molar-refractivity contribution in [1.82, 2.24) is 9.78 Å². The maximum atomic E-state index is 12.3. The van der Waals surface area contributed by atoms with E-state index in [4.69, 9.17) is 9.15 Å². The SMILES string of the molecule is COc1cccc(Cn2nc3c(c2C)c(=O)oc2ccccc23)c1. The van der Waals surface area contributed by atoms with Gasteiger partial charge < -0.3 is 9.15 Å². The molecule has 0 radical (unpaired) electrons. The van der Waals surface area contributed by atoms with Gasteiger partial charge in [0.05, 0.1) is 19.3 Å². The Bertz CT molecular complexity index is 1110. The summed E-state index contributed by atoms with van der Waals surface area (Å²) in [6.45, 7) is 2.45. The van der Waals surface area contributed by atoms with E-state index < -0.39 is 0 Å². The topological polar surface area (TPSA) is 57.3 Å². The van der Waals surface area contributed by atoms with Crippen LogP contribution in [0.15, 0.2) is 57.7 Å². The number of methoxy groups -OCH3 is 1. The van der Waals surface area contributed by atoms with Gasteiger partial charge in [-0.1, -0.05) is 24.3 Å². The molecule has 0 unspecified atom stereocenters. The maximum absolute atomic E-state index is 12.3. The molecule has 0 aliphatic heterocycles. The molecule has 0 saturated carbocycles. The van der Waals surface area contributed by atoms with Crippen molar-refractivity contribution >= 4 is 21.9 Å². The van der Waals surface area contributed by atoms with Crippen LogP contribution >= 0.6 is 0 Å². The third-order valence-electron chi connectivity index (χ3n) is 4.22. The molecule has 4 aromatic rings. The number of fused-ring (bicyclic) bond motifs is 3. The van der Waals surface area contributed by atoms with Gasteiger partial charge in [-0.25, -0.2) is 4.79 Å². The number of ether oxygens (including phenoxy) is 1. The Morgan fingerprint density at radius 2 is 2.00 bits per heavy atom. The average molecular weight is 320 g/mol. The number of aryl methyl sites for hydroxylation is 1. The van der Waals surface area contributed by atoms with Gasteiger partial charge in [-0.2, -0.15) is 5.10 Å². The largest absolute Gasteiger partial charge is 0.497 e. The number of nitrogens with zero attached hydrogens (tertiary/aromatic N) is 2. The summed E-state index contributed by atoms with van der Waals surface area (Å²) < 4.78 is 12.5. The van der Waals surface area contributed by atoms with E-state index in [2.05, 4.69) is 5.10 Å². The fraction of sp³-hybridized carbons (Fsp3) is 0.158. The summed E-state index contributed by atoms with van der Waals surface area (Å²) in [6, 6.07) is 15.3. The Labute approximate surface area is 138 Å². The molecule has 0 bridgehead atoms. The lowest BCUT2D eigenvalue weighted by molar-refractivity contribution is 0.414. The van der Waals surface area contributed by atoms with Crippen molar-refractivity contribution < 1.29 is 9.15 Å². The zero-order valence-electron chi connectivity index (χ0n) is 13.4. The lowest BCUT2D eigenvalue weighted by Gasteiger charge is -2.06. The molecular weight excluding hydrogens is 304 g/mol. The van der Waals surface area contributed by atoms with Crippen LogP contribution in [-0.2, 0) is 6.54 Å². The van der Waals surface area contributed by atoms with Crippen molar-refractivity contribution in [1.29, 1.82) is 0 Å². The molecule has 4 rings (SSSR count). The number of benzene rings is 2. The van der Waals surface area contributed by atoms with Crippen LogP contribution in [0.4, 0.5) is 0 Å². The lowest BCUT2D eigenvalue weighted by atomic mass is 10.1. The number of hydrogen-bond donors (Lipinski definition) is 0. The van der Waals surface area contributed by atoms with E-state index in [0.29, 0.717) is 23.0 Å². The fourth-order valence-corrected chi connectivity index (χ4v) is 2.98. The van der Waals surface area contributed by atoms with Gasteiger partial charge in [-0.05, 0) is 36.8 Å². The van der Waals surface area contributed by atoms with Crippen LogP contribution in [0.5, 0.6) is 5.75 Å². The number of hydrogen-bond acceptors (Lipinski definition) is 4. The van der Waals surface area contributed by atoms with Gasteiger partial charge in [0.1, 0.15) is 22.2 Å². The molecule has 0 aliphatic rings. The summed E-state index contributed by atoms with van der Waals surface area (Å²) in [6.07, 6.45) is 0. The summed E-state index contributed by atoms with van der Waals surface area (Å²) in [4.78, 5) is 12.3. The van der Waals surface area contributed by atoms with Gasteiger partial charge in [0.2, 0.25) is 0 Å². The van der Waals surface area contributed by atoms with Crippen LogP contribution in [-0.4, -0.2) is 16.9 Å². The number of para-hydroxylation sites is 1. The molecule has 2 heterocycles. The molecule has 0 fully saturated rings. The van der Waals surface area contributed by atoms with Gasteiger partial charge >= 0.3 is 5.63 Å². The minimum absolute atomic E-state index is 0.349. The number of rotatable bonds is 3. The second-order valence-corrected chi connectivity index (χ2v) is 5.70. The van der Waals surface area contributed by atoms with Crippen molar-refractivity contribution in [2.75, 3.05) is 7.11 Å². The molecule has 2 aromatic heterocycles. The average Bonchev–Trinajstić information content (AvgIpc) is 2.93. The molecule has 0 aliphatic carbocycles. The highest BCUT2D eigenvalue weighted by molar-refractivity contribution is 6.02. The quantitative estimate of drug-likeness (QED) is 0.542. The van der Waals surface area contributed by atoms with E-state index in [0.717, 1.165) is 22.4 Å². The molecular formula is C19H16N2O3. The zero-order chi connectivity index (χ0) is 16.7. The van der Waals surface area contributed by atoms with Gasteiger partial charge in [0.25, 0.3) is 0 Å². The van der Waals surface area contributed by atoms with Crippen molar-refractivity contribution in [3.63, 3.8) is 0 Å². The van der Waals surface area contributed by atoms with E-state index >= 15 is 0 Å². The molecule has 0 N–H and O–H groups in total. The molecule has 0 atom stereocenters. The summed E-state index contributed by atoms with van der Waals surface area (Å²) in [5.41, 5.74) is 2.74. The van der Waals surface area contributed by atoms with Gasteiger partial charge in [0.15, 0.2) is 0 Å². The zero-order valence-corrected chi connectivity index (χ0v) is 13.4. The first-order chi connectivity index (χ1) is 11.7. The van der Waals surface area contributed by atoms with Crippen molar-refractivity contribution in [3.05, 3.63) is 70.2 Å². The molecule has 24 heavy (non-hydrogen) atoms. The molecule has 2 aromatic carbocycles. The van der Waals surface area contributed by atoms with Gasteiger partial charge in [-0.15, -0.1) is 0 Å². The lowest BCUT2D eigenvalue weighted by Crippen LogP contribution is -2.05. The summed E-state index contributed by atoms with van der Waals surface area (Å²) in [7, 11) is 1.64. The first-order valence-electron chi connectivity index (χ1n) is 7.69. The summed E-state index contributed by atoms with van der Waals surface area (Å²) >= 11 is 0. The van der Waals surface area contributed by atoms with Crippen molar-refractivity contribution in [2.24, 2.45) is 0 Å². The van der Waals surface area contributed by atoms with E-state index in [-0.39, 0.29) is 5.63 Å². The second-order valence-electron chi connectivity index (χ2n) is 5.70. The van der Waals surface area contributed by atoms with E-state index in [1.807, 2.05) is 54.1 Å².